The number of hydrogen-bond donors (Lipinski definition) is 1. The van der Waals surface area contributed by atoms with E-state index in [0.717, 1.165) is 26.6 Å². The van der Waals surface area contributed by atoms with Crippen LogP contribution in [0.3, 0.4) is 0 Å². The Balaban J connectivity index is 1.80. The molecule has 0 saturated carbocycles. The van der Waals surface area contributed by atoms with Crippen LogP contribution in [0.2, 0.25) is 0 Å². The first-order valence-corrected chi connectivity index (χ1v) is 7.18. The Hall–Kier alpha value is -2.33. The van der Waals surface area contributed by atoms with Crippen LogP contribution >= 0.6 is 11.8 Å². The van der Waals surface area contributed by atoms with E-state index < -0.39 is 0 Å². The largest absolute Gasteiger partial charge is 0.333 e. The van der Waals surface area contributed by atoms with Gasteiger partial charge in [-0.3, -0.25) is 0 Å². The van der Waals surface area contributed by atoms with Crippen molar-refractivity contribution in [2.45, 2.75) is 10.2 Å². The molecule has 20 heavy (non-hydrogen) atoms. The van der Waals surface area contributed by atoms with Crippen molar-refractivity contribution in [3.8, 4) is 0 Å². The van der Waals surface area contributed by atoms with E-state index in [-0.39, 0.29) is 0 Å². The van der Waals surface area contributed by atoms with Crippen LogP contribution in [-0.2, 0) is 0 Å². The van der Waals surface area contributed by atoms with Crippen molar-refractivity contribution in [2.75, 3.05) is 0 Å². The maximum atomic E-state index is 4.58. The first-order valence-electron chi connectivity index (χ1n) is 6.36. The maximum Gasteiger partial charge on any atom is 0.172 e. The molecule has 0 radical (unpaired) electrons. The lowest BCUT2D eigenvalue weighted by Crippen LogP contribution is -1.83. The lowest BCUT2D eigenvalue weighted by Gasteiger charge is -2.02. The van der Waals surface area contributed by atoms with Gasteiger partial charge in [0, 0.05) is 11.6 Å². The van der Waals surface area contributed by atoms with Gasteiger partial charge in [0.2, 0.25) is 0 Å². The number of imidazole rings is 1. The molecule has 96 valence electrons. The molecule has 0 spiro atoms. The van der Waals surface area contributed by atoms with Crippen LogP contribution in [-0.4, -0.2) is 15.0 Å². The molecule has 0 amide bonds. The Morgan fingerprint density at radius 3 is 2.70 bits per heavy atom. The molecule has 3 nitrogen and oxygen atoms in total. The second kappa shape index (κ2) is 4.65. The lowest BCUT2D eigenvalue weighted by molar-refractivity contribution is 1.07. The smallest absolute Gasteiger partial charge is 0.172 e. The van der Waals surface area contributed by atoms with E-state index in [1.54, 1.807) is 11.8 Å². The van der Waals surface area contributed by atoms with Gasteiger partial charge >= 0.3 is 0 Å². The molecule has 4 heteroatoms. The summed E-state index contributed by atoms with van der Waals surface area (Å²) in [5.74, 6) is 0. The van der Waals surface area contributed by atoms with E-state index in [4.69, 9.17) is 0 Å². The van der Waals surface area contributed by atoms with Crippen LogP contribution in [0.5, 0.6) is 0 Å². The third-order valence-electron chi connectivity index (χ3n) is 3.20. The Bertz CT molecular complexity index is 860. The van der Waals surface area contributed by atoms with Gasteiger partial charge in [0.15, 0.2) is 5.16 Å². The first-order chi connectivity index (χ1) is 9.90. The quantitative estimate of drug-likeness (QED) is 0.595. The SMILES string of the molecule is c1ccc2c(Sc3nc4ccccc4[nH]3)nccc2c1. The number of aromatic nitrogens is 3. The molecule has 0 unspecified atom stereocenters. The number of fused-ring (bicyclic) bond motifs is 2. The zero-order chi connectivity index (χ0) is 13.4. The summed E-state index contributed by atoms with van der Waals surface area (Å²) in [6, 6.07) is 18.3. The average Bonchev–Trinajstić information content (AvgIpc) is 2.90. The van der Waals surface area contributed by atoms with Crippen molar-refractivity contribution in [3.63, 3.8) is 0 Å². The minimum atomic E-state index is 0.870. The molecule has 2 aromatic heterocycles. The summed E-state index contributed by atoms with van der Waals surface area (Å²) in [4.78, 5) is 12.4. The number of pyridine rings is 1. The average molecular weight is 277 g/mol. The second-order valence-corrected chi connectivity index (χ2v) is 5.48. The number of aromatic amines is 1. The topological polar surface area (TPSA) is 41.6 Å². The van der Waals surface area contributed by atoms with Crippen LogP contribution < -0.4 is 0 Å². The van der Waals surface area contributed by atoms with Gasteiger partial charge in [-0.1, -0.05) is 36.4 Å². The number of nitrogens with zero attached hydrogens (tertiary/aromatic N) is 2. The Labute approximate surface area is 120 Å². The molecular weight excluding hydrogens is 266 g/mol. The second-order valence-electron chi connectivity index (χ2n) is 4.50. The van der Waals surface area contributed by atoms with E-state index in [0.29, 0.717) is 0 Å². The van der Waals surface area contributed by atoms with Gasteiger partial charge in [-0.05, 0) is 35.3 Å². The van der Waals surface area contributed by atoms with Gasteiger partial charge in [0.1, 0.15) is 5.03 Å². The highest BCUT2D eigenvalue weighted by atomic mass is 32.2. The normalized spacial score (nSPS) is 11.2. The van der Waals surface area contributed by atoms with Gasteiger partial charge in [0.25, 0.3) is 0 Å². The highest BCUT2D eigenvalue weighted by Crippen LogP contribution is 2.30. The van der Waals surface area contributed by atoms with Gasteiger partial charge < -0.3 is 4.98 Å². The highest BCUT2D eigenvalue weighted by molar-refractivity contribution is 7.99. The minimum absolute atomic E-state index is 0.870. The number of nitrogens with one attached hydrogen (secondary N) is 1. The van der Waals surface area contributed by atoms with E-state index in [1.807, 2.05) is 48.7 Å². The molecule has 0 aliphatic carbocycles. The molecule has 0 aliphatic rings. The number of rotatable bonds is 2. The highest BCUT2D eigenvalue weighted by Gasteiger charge is 2.08. The summed E-state index contributed by atoms with van der Waals surface area (Å²) >= 11 is 1.57. The zero-order valence-electron chi connectivity index (χ0n) is 10.6. The van der Waals surface area contributed by atoms with E-state index in [1.165, 1.54) is 5.39 Å². The summed E-state index contributed by atoms with van der Waals surface area (Å²) in [5.41, 5.74) is 2.03. The fourth-order valence-corrected chi connectivity index (χ4v) is 3.14. The van der Waals surface area contributed by atoms with Crippen LogP contribution in [0, 0.1) is 0 Å². The molecule has 4 rings (SSSR count). The minimum Gasteiger partial charge on any atom is -0.333 e. The molecule has 0 bridgehead atoms. The molecule has 0 atom stereocenters. The van der Waals surface area contributed by atoms with Crippen molar-refractivity contribution in [3.05, 3.63) is 60.8 Å². The Kier molecular flexibility index (Phi) is 2.67. The number of H-pyrrole nitrogens is 1. The Morgan fingerprint density at radius 1 is 0.900 bits per heavy atom. The molecule has 1 N–H and O–H groups in total. The fraction of sp³-hybridized carbons (Fsp3) is 0. The van der Waals surface area contributed by atoms with Crippen molar-refractivity contribution in [1.82, 2.24) is 15.0 Å². The molecule has 0 saturated heterocycles. The third-order valence-corrected chi connectivity index (χ3v) is 4.10. The van der Waals surface area contributed by atoms with Gasteiger partial charge in [-0.25, -0.2) is 9.97 Å². The predicted octanol–water partition coefficient (Wildman–Crippen LogP) is 4.26. The number of benzene rings is 2. The molecule has 0 aliphatic heterocycles. The van der Waals surface area contributed by atoms with Crippen molar-refractivity contribution in [2.24, 2.45) is 0 Å². The van der Waals surface area contributed by atoms with Crippen molar-refractivity contribution < 1.29 is 0 Å². The monoisotopic (exact) mass is 277 g/mol. The van der Waals surface area contributed by atoms with Crippen LogP contribution in [0.4, 0.5) is 0 Å². The number of para-hydroxylation sites is 2. The van der Waals surface area contributed by atoms with Crippen LogP contribution in [0.25, 0.3) is 21.8 Å². The summed E-state index contributed by atoms with van der Waals surface area (Å²) in [7, 11) is 0. The van der Waals surface area contributed by atoms with Gasteiger partial charge in [0.05, 0.1) is 11.0 Å². The van der Waals surface area contributed by atoms with E-state index in [9.17, 15) is 0 Å². The molecule has 0 fully saturated rings. The summed E-state index contributed by atoms with van der Waals surface area (Å²) in [6.07, 6.45) is 1.84. The standard InChI is InChI=1S/C16H11N3S/c1-2-6-12-11(5-1)9-10-17-15(12)20-16-18-13-7-3-4-8-14(13)19-16/h1-10H,(H,18,19). The molecular formula is C16H11N3S. The third kappa shape index (κ3) is 1.94. The van der Waals surface area contributed by atoms with Crippen LogP contribution in [0.15, 0.2) is 71.0 Å². The summed E-state index contributed by atoms with van der Waals surface area (Å²) in [5, 5.41) is 4.19. The first kappa shape index (κ1) is 11.5. The molecule has 2 aromatic carbocycles. The lowest BCUT2D eigenvalue weighted by atomic mass is 10.2. The van der Waals surface area contributed by atoms with Gasteiger partial charge in [-0.2, -0.15) is 0 Å². The van der Waals surface area contributed by atoms with Crippen molar-refractivity contribution >= 4 is 33.6 Å². The summed E-state index contributed by atoms with van der Waals surface area (Å²) in [6.45, 7) is 0. The summed E-state index contributed by atoms with van der Waals surface area (Å²) < 4.78 is 0. The maximum absolute atomic E-state index is 4.58. The number of hydrogen-bond acceptors (Lipinski definition) is 3. The Morgan fingerprint density at radius 2 is 1.75 bits per heavy atom. The molecule has 4 aromatic rings. The van der Waals surface area contributed by atoms with Crippen LogP contribution in [0.1, 0.15) is 0 Å². The molecule has 2 heterocycles. The van der Waals surface area contributed by atoms with Crippen molar-refractivity contribution in [1.29, 1.82) is 0 Å². The van der Waals surface area contributed by atoms with E-state index in [2.05, 4.69) is 27.1 Å². The fourth-order valence-electron chi connectivity index (χ4n) is 2.24. The van der Waals surface area contributed by atoms with Gasteiger partial charge in [-0.15, -0.1) is 0 Å². The zero-order valence-corrected chi connectivity index (χ0v) is 11.4. The van der Waals surface area contributed by atoms with E-state index >= 15 is 0 Å². The predicted molar refractivity (Wildman–Crippen MR) is 82.0 cm³/mol.